The Labute approximate surface area is 119 Å². The van der Waals surface area contributed by atoms with Gasteiger partial charge >= 0.3 is 11.9 Å². The van der Waals surface area contributed by atoms with Crippen molar-refractivity contribution in [2.75, 3.05) is 18.0 Å². The number of nitrogens with zero attached hydrogens (tertiary/aromatic N) is 3. The molecule has 21 heavy (non-hydrogen) atoms. The average molecular weight is 298 g/mol. The number of amides is 1. The molecular weight excluding hydrogens is 283 g/mol. The zero-order chi connectivity index (χ0) is 15.6. The van der Waals surface area contributed by atoms with Crippen molar-refractivity contribution in [1.82, 2.24) is 4.98 Å². The van der Waals surface area contributed by atoms with Gasteiger partial charge in [-0.1, -0.05) is 0 Å². The van der Waals surface area contributed by atoms with Gasteiger partial charge in [0.1, 0.15) is 17.5 Å². The number of nitro groups is 1. The lowest BCUT2D eigenvalue weighted by Crippen LogP contribution is -2.54. The first-order valence-corrected chi connectivity index (χ1v) is 6.30. The highest BCUT2D eigenvalue weighted by atomic mass is 19.1. The zero-order valence-electron chi connectivity index (χ0n) is 11.4. The predicted octanol–water partition coefficient (Wildman–Crippen LogP) is 1.39. The number of ether oxygens (including phenoxy) is 1. The molecule has 1 amide bonds. The molecule has 1 aromatic heterocycles. The molecule has 0 aromatic carbocycles. The summed E-state index contributed by atoms with van der Waals surface area (Å²) in [5, 5.41) is 11.0. The number of aromatic nitrogens is 1. The quantitative estimate of drug-likeness (QED) is 0.666. The summed E-state index contributed by atoms with van der Waals surface area (Å²) in [4.78, 5) is 26.4. The van der Waals surface area contributed by atoms with Crippen LogP contribution in [0.3, 0.4) is 0 Å². The number of nitrogens with two attached hydrogens (primary N) is 1. The van der Waals surface area contributed by atoms with Crippen molar-refractivity contribution < 1.29 is 18.8 Å². The topological polar surface area (TPSA) is 112 Å². The van der Waals surface area contributed by atoms with E-state index in [4.69, 9.17) is 10.5 Å². The number of hydrogen-bond acceptors (Lipinski definition) is 6. The molecule has 0 bridgehead atoms. The number of hydrogen-bond donors (Lipinski definition) is 1. The lowest BCUT2D eigenvalue weighted by atomic mass is 9.91. The summed E-state index contributed by atoms with van der Waals surface area (Å²) in [6, 6.07) is 3.05. The summed E-state index contributed by atoms with van der Waals surface area (Å²) in [6.45, 7) is 1.60. The minimum atomic E-state index is -1.52. The molecule has 2 N–H and O–H groups in total. The van der Waals surface area contributed by atoms with Crippen LogP contribution in [-0.4, -0.2) is 40.9 Å². The molecule has 1 aromatic rings. The lowest BCUT2D eigenvalue weighted by Gasteiger charge is -2.41. The van der Waals surface area contributed by atoms with Crippen LogP contribution in [-0.2, 0) is 4.74 Å². The summed E-state index contributed by atoms with van der Waals surface area (Å²) < 4.78 is 19.1. The largest absolute Gasteiger partial charge is 0.440 e. The molecule has 1 aliphatic heterocycles. The van der Waals surface area contributed by atoms with E-state index in [-0.39, 0.29) is 31.0 Å². The summed E-state index contributed by atoms with van der Waals surface area (Å²) in [5.74, 6) is -0.330. The number of piperidine rings is 1. The van der Waals surface area contributed by atoms with Crippen molar-refractivity contribution in [2.45, 2.75) is 25.1 Å². The van der Waals surface area contributed by atoms with E-state index in [9.17, 15) is 19.3 Å². The molecule has 2 heterocycles. The normalized spacial score (nSPS) is 25.4. The zero-order valence-corrected chi connectivity index (χ0v) is 11.4. The summed E-state index contributed by atoms with van der Waals surface area (Å²) in [7, 11) is 0. The molecule has 1 saturated heterocycles. The van der Waals surface area contributed by atoms with E-state index in [1.165, 1.54) is 24.1 Å². The van der Waals surface area contributed by atoms with Gasteiger partial charge in [0.2, 0.25) is 0 Å². The highest BCUT2D eigenvalue weighted by Gasteiger charge is 2.44. The maximum atomic E-state index is 14.3. The van der Waals surface area contributed by atoms with Crippen LogP contribution in [0.4, 0.5) is 20.7 Å². The first-order chi connectivity index (χ1) is 9.83. The monoisotopic (exact) mass is 298 g/mol. The molecule has 1 fully saturated rings. The van der Waals surface area contributed by atoms with E-state index in [1.807, 2.05) is 0 Å². The van der Waals surface area contributed by atoms with Crippen LogP contribution in [0.1, 0.15) is 13.3 Å². The predicted molar refractivity (Wildman–Crippen MR) is 71.7 cm³/mol. The standard InChI is InChI=1S/C12H15FN4O4/c1-12(21-11(14)18)4-6-16(7-9(12)13)8-3-2-5-15-10(8)17(19)20/h2-3,5,9H,4,6-7H2,1H3,(H2,14,18). The second-order valence-corrected chi connectivity index (χ2v) is 5.00. The molecular formula is C12H15FN4O4. The van der Waals surface area contributed by atoms with Crippen molar-refractivity contribution in [3.8, 4) is 0 Å². The molecule has 2 unspecified atom stereocenters. The van der Waals surface area contributed by atoms with Gasteiger partial charge in [-0.3, -0.25) is 0 Å². The molecule has 114 valence electrons. The number of carbonyl (C=O) groups excluding carboxylic acids is 1. The second kappa shape index (κ2) is 5.51. The number of rotatable bonds is 3. The fourth-order valence-electron chi connectivity index (χ4n) is 2.33. The van der Waals surface area contributed by atoms with E-state index in [0.717, 1.165) is 0 Å². The van der Waals surface area contributed by atoms with Crippen LogP contribution < -0.4 is 10.6 Å². The van der Waals surface area contributed by atoms with Crippen LogP contribution in [0.25, 0.3) is 0 Å². The molecule has 2 rings (SSSR count). The Bertz CT molecular complexity index is 570. The van der Waals surface area contributed by atoms with Gasteiger partial charge in [-0.25, -0.2) is 9.18 Å². The number of carbonyl (C=O) groups is 1. The fourth-order valence-corrected chi connectivity index (χ4v) is 2.33. The van der Waals surface area contributed by atoms with Crippen LogP contribution >= 0.6 is 0 Å². The van der Waals surface area contributed by atoms with Crippen molar-refractivity contribution >= 4 is 17.6 Å². The lowest BCUT2D eigenvalue weighted by molar-refractivity contribution is -0.388. The van der Waals surface area contributed by atoms with Gasteiger partial charge in [0.25, 0.3) is 0 Å². The van der Waals surface area contributed by atoms with Crippen molar-refractivity contribution in [3.63, 3.8) is 0 Å². The third kappa shape index (κ3) is 3.01. The van der Waals surface area contributed by atoms with Crippen molar-refractivity contribution in [1.29, 1.82) is 0 Å². The summed E-state index contributed by atoms with van der Waals surface area (Å²) in [6.07, 6.45) is -1.08. The van der Waals surface area contributed by atoms with E-state index >= 15 is 0 Å². The Balaban J connectivity index is 2.20. The van der Waals surface area contributed by atoms with Crippen LogP contribution in [0.15, 0.2) is 18.3 Å². The minimum Gasteiger partial charge on any atom is -0.440 e. The first-order valence-electron chi connectivity index (χ1n) is 6.30. The number of primary amides is 1. The number of alkyl halides is 1. The van der Waals surface area contributed by atoms with Gasteiger partial charge in [-0.15, -0.1) is 0 Å². The Morgan fingerprint density at radius 2 is 2.43 bits per heavy atom. The van der Waals surface area contributed by atoms with Crippen LogP contribution in [0.5, 0.6) is 0 Å². The molecule has 0 saturated carbocycles. The third-order valence-electron chi connectivity index (χ3n) is 3.53. The molecule has 1 aliphatic rings. The number of anilines is 1. The summed E-state index contributed by atoms with van der Waals surface area (Å²) in [5.41, 5.74) is 3.86. The number of pyridine rings is 1. The highest BCUT2D eigenvalue weighted by molar-refractivity contribution is 5.65. The Morgan fingerprint density at radius 3 is 3.00 bits per heavy atom. The Morgan fingerprint density at radius 1 is 1.71 bits per heavy atom. The van der Waals surface area contributed by atoms with E-state index in [1.54, 1.807) is 6.07 Å². The van der Waals surface area contributed by atoms with Crippen LogP contribution in [0.2, 0.25) is 0 Å². The average Bonchev–Trinajstić information content (AvgIpc) is 2.41. The molecule has 8 nitrogen and oxygen atoms in total. The highest BCUT2D eigenvalue weighted by Crippen LogP contribution is 2.34. The third-order valence-corrected chi connectivity index (χ3v) is 3.53. The van der Waals surface area contributed by atoms with Crippen molar-refractivity contribution in [2.24, 2.45) is 5.73 Å². The molecule has 0 aliphatic carbocycles. The molecule has 9 heteroatoms. The van der Waals surface area contributed by atoms with Gasteiger partial charge in [0, 0.05) is 13.0 Å². The summed E-state index contributed by atoms with van der Waals surface area (Å²) >= 11 is 0. The van der Waals surface area contributed by atoms with Crippen molar-refractivity contribution in [3.05, 3.63) is 28.4 Å². The van der Waals surface area contributed by atoms with E-state index in [0.29, 0.717) is 0 Å². The Hall–Kier alpha value is -2.45. The van der Waals surface area contributed by atoms with Gasteiger partial charge in [-0.05, 0) is 29.0 Å². The van der Waals surface area contributed by atoms with Gasteiger partial charge < -0.3 is 25.5 Å². The van der Waals surface area contributed by atoms with E-state index < -0.39 is 22.8 Å². The molecule has 0 radical (unpaired) electrons. The minimum absolute atomic E-state index is 0.143. The molecule has 0 spiro atoms. The van der Waals surface area contributed by atoms with Gasteiger partial charge in [0.05, 0.1) is 6.54 Å². The second-order valence-electron chi connectivity index (χ2n) is 5.00. The number of halogens is 1. The maximum Gasteiger partial charge on any atom is 0.405 e. The SMILES string of the molecule is CC1(OC(N)=O)CCN(c2cccnc2[N+](=O)[O-])CC1F. The maximum absolute atomic E-state index is 14.3. The van der Waals surface area contributed by atoms with Crippen LogP contribution in [0, 0.1) is 10.1 Å². The molecule has 2 atom stereocenters. The van der Waals surface area contributed by atoms with Gasteiger partial charge in [-0.2, -0.15) is 0 Å². The fraction of sp³-hybridized carbons (Fsp3) is 0.500. The smallest absolute Gasteiger partial charge is 0.405 e. The van der Waals surface area contributed by atoms with Gasteiger partial charge in [0.15, 0.2) is 6.17 Å². The van der Waals surface area contributed by atoms with E-state index in [2.05, 4.69) is 4.98 Å². The Kier molecular flexibility index (Phi) is 3.92. The first kappa shape index (κ1) is 14.9.